The highest BCUT2D eigenvalue weighted by atomic mass is 16.5. The summed E-state index contributed by atoms with van der Waals surface area (Å²) in [4.78, 5) is 0. The molecule has 0 saturated heterocycles. The molecule has 1 aromatic rings. The molecule has 0 heterocycles. The predicted molar refractivity (Wildman–Crippen MR) is 68.6 cm³/mol. The van der Waals surface area contributed by atoms with Gasteiger partial charge in [0.05, 0.1) is 6.10 Å². The van der Waals surface area contributed by atoms with Gasteiger partial charge in [-0.25, -0.2) is 0 Å². The van der Waals surface area contributed by atoms with E-state index in [1.54, 1.807) is 0 Å². The molecule has 90 valence electrons. The fourth-order valence-corrected chi connectivity index (χ4v) is 1.71. The molecule has 0 aromatic heterocycles. The molecule has 1 atom stereocenters. The molecule has 1 unspecified atom stereocenters. The van der Waals surface area contributed by atoms with E-state index in [1.807, 2.05) is 26.0 Å². The third-order valence-corrected chi connectivity index (χ3v) is 2.41. The summed E-state index contributed by atoms with van der Waals surface area (Å²) in [6, 6.07) is 8.24. The number of hydrogen-bond donors (Lipinski definition) is 1. The van der Waals surface area contributed by atoms with E-state index >= 15 is 0 Å². The van der Waals surface area contributed by atoms with Crippen LogP contribution in [-0.4, -0.2) is 6.10 Å². The van der Waals surface area contributed by atoms with E-state index in [-0.39, 0.29) is 12.1 Å². The molecule has 16 heavy (non-hydrogen) atoms. The highest BCUT2D eigenvalue weighted by Crippen LogP contribution is 2.21. The SMILES string of the molecule is CC(C)CC(N)c1ccc(OC(C)C)cc1. The molecule has 0 radical (unpaired) electrons. The standard InChI is InChI=1S/C14H23NO/c1-10(2)9-14(15)12-5-7-13(8-6-12)16-11(3)4/h5-8,10-11,14H,9,15H2,1-4H3. The maximum absolute atomic E-state index is 6.11. The molecule has 0 fully saturated rings. The molecule has 2 heteroatoms. The van der Waals surface area contributed by atoms with Gasteiger partial charge in [0.25, 0.3) is 0 Å². The van der Waals surface area contributed by atoms with Crippen molar-refractivity contribution in [3.8, 4) is 5.75 Å². The van der Waals surface area contributed by atoms with Crippen LogP contribution >= 0.6 is 0 Å². The monoisotopic (exact) mass is 221 g/mol. The van der Waals surface area contributed by atoms with E-state index in [1.165, 1.54) is 5.56 Å². The zero-order valence-corrected chi connectivity index (χ0v) is 10.7. The van der Waals surface area contributed by atoms with Crippen LogP contribution in [0.15, 0.2) is 24.3 Å². The molecule has 0 aliphatic carbocycles. The normalized spacial score (nSPS) is 13.2. The first-order valence-corrected chi connectivity index (χ1v) is 6.01. The van der Waals surface area contributed by atoms with Crippen LogP contribution in [0.1, 0.15) is 45.7 Å². The molecule has 0 spiro atoms. The van der Waals surface area contributed by atoms with E-state index < -0.39 is 0 Å². The van der Waals surface area contributed by atoms with Crippen molar-refractivity contribution in [1.29, 1.82) is 0 Å². The van der Waals surface area contributed by atoms with Gasteiger partial charge in [0.2, 0.25) is 0 Å². The van der Waals surface area contributed by atoms with Gasteiger partial charge in [-0.1, -0.05) is 26.0 Å². The Morgan fingerprint density at radius 2 is 1.62 bits per heavy atom. The predicted octanol–water partition coefficient (Wildman–Crippen LogP) is 3.52. The van der Waals surface area contributed by atoms with E-state index in [0.717, 1.165) is 12.2 Å². The fourth-order valence-electron chi connectivity index (χ4n) is 1.71. The highest BCUT2D eigenvalue weighted by molar-refractivity contribution is 5.29. The lowest BCUT2D eigenvalue weighted by Crippen LogP contribution is -2.13. The summed E-state index contributed by atoms with van der Waals surface area (Å²) in [6.45, 7) is 8.43. The minimum atomic E-state index is 0.132. The van der Waals surface area contributed by atoms with Crippen molar-refractivity contribution in [2.75, 3.05) is 0 Å². The molecule has 0 saturated carbocycles. The molecule has 1 rings (SSSR count). The zero-order chi connectivity index (χ0) is 12.1. The Morgan fingerprint density at radius 1 is 1.06 bits per heavy atom. The highest BCUT2D eigenvalue weighted by Gasteiger charge is 2.08. The Kier molecular flexibility index (Phi) is 4.81. The first kappa shape index (κ1) is 13.0. The van der Waals surface area contributed by atoms with Crippen molar-refractivity contribution in [3.63, 3.8) is 0 Å². The third-order valence-electron chi connectivity index (χ3n) is 2.41. The zero-order valence-electron chi connectivity index (χ0n) is 10.7. The molecule has 2 nitrogen and oxygen atoms in total. The van der Waals surface area contributed by atoms with Gasteiger partial charge in [-0.05, 0) is 43.9 Å². The second-order valence-electron chi connectivity index (χ2n) is 4.97. The summed E-state index contributed by atoms with van der Waals surface area (Å²) in [5.41, 5.74) is 7.29. The number of ether oxygens (including phenoxy) is 1. The molecule has 2 N–H and O–H groups in total. The minimum Gasteiger partial charge on any atom is -0.491 e. The van der Waals surface area contributed by atoms with Crippen molar-refractivity contribution in [1.82, 2.24) is 0 Å². The van der Waals surface area contributed by atoms with Crippen LogP contribution in [-0.2, 0) is 0 Å². The van der Waals surface area contributed by atoms with Crippen molar-refractivity contribution in [2.24, 2.45) is 11.7 Å². The van der Waals surface area contributed by atoms with Crippen molar-refractivity contribution in [3.05, 3.63) is 29.8 Å². The number of benzene rings is 1. The van der Waals surface area contributed by atoms with Gasteiger partial charge in [-0.3, -0.25) is 0 Å². The maximum atomic E-state index is 6.11. The molecular formula is C14H23NO. The maximum Gasteiger partial charge on any atom is 0.119 e. The summed E-state index contributed by atoms with van der Waals surface area (Å²) in [5.74, 6) is 1.54. The first-order valence-electron chi connectivity index (χ1n) is 6.01. The van der Waals surface area contributed by atoms with E-state index in [2.05, 4.69) is 26.0 Å². The first-order chi connectivity index (χ1) is 7.49. The van der Waals surface area contributed by atoms with Crippen LogP contribution in [0.5, 0.6) is 5.75 Å². The van der Waals surface area contributed by atoms with Crippen molar-refractivity contribution < 1.29 is 4.74 Å². The van der Waals surface area contributed by atoms with Gasteiger partial charge in [0.15, 0.2) is 0 Å². The Hall–Kier alpha value is -1.02. The van der Waals surface area contributed by atoms with Crippen LogP contribution in [0, 0.1) is 5.92 Å². The Balaban J connectivity index is 2.63. The van der Waals surface area contributed by atoms with Gasteiger partial charge in [0.1, 0.15) is 5.75 Å². The topological polar surface area (TPSA) is 35.2 Å². The van der Waals surface area contributed by atoms with Crippen molar-refractivity contribution >= 4 is 0 Å². The Labute approximate surface area is 98.8 Å². The van der Waals surface area contributed by atoms with Crippen LogP contribution in [0.4, 0.5) is 0 Å². The number of hydrogen-bond acceptors (Lipinski definition) is 2. The second kappa shape index (κ2) is 5.90. The quantitative estimate of drug-likeness (QED) is 0.825. The summed E-state index contributed by atoms with van der Waals surface area (Å²) in [7, 11) is 0. The van der Waals surface area contributed by atoms with E-state index in [4.69, 9.17) is 10.5 Å². The van der Waals surface area contributed by atoms with E-state index in [9.17, 15) is 0 Å². The van der Waals surface area contributed by atoms with Gasteiger partial charge in [0, 0.05) is 6.04 Å². The smallest absolute Gasteiger partial charge is 0.119 e. The second-order valence-corrected chi connectivity index (χ2v) is 4.97. The fraction of sp³-hybridized carbons (Fsp3) is 0.571. The number of nitrogens with two attached hydrogens (primary N) is 1. The minimum absolute atomic E-state index is 0.132. The average Bonchev–Trinajstić information content (AvgIpc) is 2.16. The van der Waals surface area contributed by atoms with Gasteiger partial charge >= 0.3 is 0 Å². The van der Waals surface area contributed by atoms with E-state index in [0.29, 0.717) is 5.92 Å². The summed E-state index contributed by atoms with van der Waals surface area (Å²) in [5, 5.41) is 0. The largest absolute Gasteiger partial charge is 0.491 e. The number of rotatable bonds is 5. The molecule has 0 aliphatic heterocycles. The summed E-state index contributed by atoms with van der Waals surface area (Å²) in [6.07, 6.45) is 1.24. The lowest BCUT2D eigenvalue weighted by Gasteiger charge is -2.15. The lowest BCUT2D eigenvalue weighted by atomic mass is 9.98. The molecular weight excluding hydrogens is 198 g/mol. The van der Waals surface area contributed by atoms with Crippen LogP contribution in [0.25, 0.3) is 0 Å². The Morgan fingerprint density at radius 3 is 2.06 bits per heavy atom. The third kappa shape index (κ3) is 4.23. The summed E-state index contributed by atoms with van der Waals surface area (Å²) < 4.78 is 5.59. The lowest BCUT2D eigenvalue weighted by molar-refractivity contribution is 0.242. The Bertz CT molecular complexity index is 303. The molecule has 0 amide bonds. The molecule has 0 bridgehead atoms. The van der Waals surface area contributed by atoms with Gasteiger partial charge in [-0.2, -0.15) is 0 Å². The molecule has 0 aliphatic rings. The van der Waals surface area contributed by atoms with Crippen molar-refractivity contribution in [2.45, 2.75) is 46.3 Å². The average molecular weight is 221 g/mol. The van der Waals surface area contributed by atoms with Gasteiger partial charge < -0.3 is 10.5 Å². The van der Waals surface area contributed by atoms with Crippen LogP contribution < -0.4 is 10.5 Å². The summed E-state index contributed by atoms with van der Waals surface area (Å²) >= 11 is 0. The van der Waals surface area contributed by atoms with Crippen LogP contribution in [0.2, 0.25) is 0 Å². The molecule has 1 aromatic carbocycles. The van der Waals surface area contributed by atoms with Crippen LogP contribution in [0.3, 0.4) is 0 Å². The van der Waals surface area contributed by atoms with Gasteiger partial charge in [-0.15, -0.1) is 0 Å².